The van der Waals surface area contributed by atoms with Gasteiger partial charge in [-0.05, 0) is 44.9 Å². The minimum Gasteiger partial charge on any atom is -0.463 e. The fraction of sp³-hybridized carbons (Fsp3) is 0.750. The van der Waals surface area contributed by atoms with Crippen molar-refractivity contribution in [3.63, 3.8) is 0 Å². The van der Waals surface area contributed by atoms with Crippen molar-refractivity contribution in [1.29, 1.82) is 0 Å². The molecule has 4 heteroatoms. The predicted molar refractivity (Wildman–Crippen MR) is 80.8 cm³/mol. The summed E-state index contributed by atoms with van der Waals surface area (Å²) in [7, 11) is 0. The molecule has 0 aliphatic heterocycles. The summed E-state index contributed by atoms with van der Waals surface area (Å²) in [5, 5.41) is 3.51. The monoisotopic (exact) mass is 280 g/mol. The van der Waals surface area contributed by atoms with Crippen LogP contribution in [-0.4, -0.2) is 37.2 Å². The Hall–Kier alpha value is -0.840. The van der Waals surface area contributed by atoms with Gasteiger partial charge in [-0.25, -0.2) is 0 Å². The Kier molecular flexibility index (Phi) is 6.07. The van der Waals surface area contributed by atoms with Crippen molar-refractivity contribution in [2.45, 2.75) is 52.7 Å². The maximum absolute atomic E-state index is 5.99. The highest BCUT2D eigenvalue weighted by Crippen LogP contribution is 2.21. The largest absolute Gasteiger partial charge is 0.463 e. The highest BCUT2D eigenvalue weighted by atomic mass is 16.5. The molecule has 1 aromatic heterocycles. The molecule has 1 heterocycles. The van der Waals surface area contributed by atoms with E-state index in [1.54, 1.807) is 0 Å². The first kappa shape index (κ1) is 15.5. The average Bonchev–Trinajstić information content (AvgIpc) is 3.20. The van der Waals surface area contributed by atoms with Crippen molar-refractivity contribution in [3.05, 3.63) is 23.2 Å². The SMILES string of the molecule is CCOCCN(CC)Cc1cc(C)c(CNC2CC2)o1. The second kappa shape index (κ2) is 7.81. The summed E-state index contributed by atoms with van der Waals surface area (Å²) in [6.45, 7) is 11.6. The zero-order chi connectivity index (χ0) is 14.4. The molecular weight excluding hydrogens is 252 g/mol. The molecule has 114 valence electrons. The molecular formula is C16H28N2O2. The van der Waals surface area contributed by atoms with E-state index in [4.69, 9.17) is 9.15 Å². The third kappa shape index (κ3) is 4.93. The molecule has 0 atom stereocenters. The quantitative estimate of drug-likeness (QED) is 0.669. The van der Waals surface area contributed by atoms with Crippen LogP contribution in [0.25, 0.3) is 0 Å². The zero-order valence-electron chi connectivity index (χ0n) is 13.1. The number of nitrogens with zero attached hydrogens (tertiary/aromatic N) is 1. The molecule has 1 fully saturated rings. The summed E-state index contributed by atoms with van der Waals surface area (Å²) in [4.78, 5) is 2.35. The number of likely N-dealkylation sites (N-methyl/N-ethyl adjacent to an activating group) is 1. The first-order valence-electron chi connectivity index (χ1n) is 7.84. The second-order valence-electron chi connectivity index (χ2n) is 5.54. The molecule has 0 bridgehead atoms. The molecule has 0 unspecified atom stereocenters. The number of rotatable bonds is 10. The molecule has 0 radical (unpaired) electrons. The van der Waals surface area contributed by atoms with Crippen LogP contribution < -0.4 is 5.32 Å². The molecule has 0 spiro atoms. The summed E-state index contributed by atoms with van der Waals surface area (Å²) < 4.78 is 11.4. The molecule has 1 saturated carbocycles. The number of nitrogens with one attached hydrogen (secondary N) is 1. The van der Waals surface area contributed by atoms with Gasteiger partial charge in [-0.15, -0.1) is 0 Å². The topological polar surface area (TPSA) is 37.6 Å². The molecule has 1 aliphatic carbocycles. The van der Waals surface area contributed by atoms with Crippen LogP contribution in [0, 0.1) is 6.92 Å². The Morgan fingerprint density at radius 3 is 2.85 bits per heavy atom. The van der Waals surface area contributed by atoms with Crippen molar-refractivity contribution in [3.8, 4) is 0 Å². The number of furan rings is 1. The molecule has 20 heavy (non-hydrogen) atoms. The van der Waals surface area contributed by atoms with Gasteiger partial charge in [0.1, 0.15) is 11.5 Å². The van der Waals surface area contributed by atoms with Crippen LogP contribution in [0.5, 0.6) is 0 Å². The van der Waals surface area contributed by atoms with Gasteiger partial charge in [-0.3, -0.25) is 4.90 Å². The third-order valence-electron chi connectivity index (χ3n) is 3.78. The van der Waals surface area contributed by atoms with E-state index in [0.29, 0.717) is 0 Å². The standard InChI is InChI=1S/C16H28N2O2/c1-4-18(8-9-19-5-2)12-15-10-13(3)16(20-15)11-17-14-6-7-14/h10,14,17H,4-9,11-12H2,1-3H3. The van der Waals surface area contributed by atoms with Gasteiger partial charge in [0.2, 0.25) is 0 Å². The molecule has 2 rings (SSSR count). The van der Waals surface area contributed by atoms with E-state index < -0.39 is 0 Å². The summed E-state index contributed by atoms with van der Waals surface area (Å²) in [5.41, 5.74) is 1.26. The lowest BCUT2D eigenvalue weighted by atomic mass is 10.2. The van der Waals surface area contributed by atoms with E-state index in [9.17, 15) is 0 Å². The lowest BCUT2D eigenvalue weighted by Gasteiger charge is -2.18. The molecule has 0 aromatic carbocycles. The van der Waals surface area contributed by atoms with Crippen LogP contribution in [0.3, 0.4) is 0 Å². The normalized spacial score (nSPS) is 15.2. The van der Waals surface area contributed by atoms with Crippen LogP contribution >= 0.6 is 0 Å². The second-order valence-corrected chi connectivity index (χ2v) is 5.54. The predicted octanol–water partition coefficient (Wildman–Crippen LogP) is 2.70. The first-order valence-corrected chi connectivity index (χ1v) is 7.84. The van der Waals surface area contributed by atoms with Crippen molar-refractivity contribution in [2.75, 3.05) is 26.3 Å². The molecule has 1 aromatic rings. The highest BCUT2D eigenvalue weighted by molar-refractivity contribution is 5.20. The van der Waals surface area contributed by atoms with Crippen LogP contribution in [0.4, 0.5) is 0 Å². The van der Waals surface area contributed by atoms with E-state index in [0.717, 1.165) is 57.0 Å². The Morgan fingerprint density at radius 2 is 2.20 bits per heavy atom. The van der Waals surface area contributed by atoms with Gasteiger partial charge < -0.3 is 14.5 Å². The fourth-order valence-electron chi connectivity index (χ4n) is 2.28. The third-order valence-corrected chi connectivity index (χ3v) is 3.78. The fourth-order valence-corrected chi connectivity index (χ4v) is 2.28. The molecule has 0 saturated heterocycles. The van der Waals surface area contributed by atoms with Gasteiger partial charge in [0.15, 0.2) is 0 Å². The number of hydrogen-bond acceptors (Lipinski definition) is 4. The van der Waals surface area contributed by atoms with E-state index in [1.165, 1.54) is 18.4 Å². The van der Waals surface area contributed by atoms with Crippen LogP contribution in [0.2, 0.25) is 0 Å². The van der Waals surface area contributed by atoms with Gasteiger partial charge in [0, 0.05) is 19.2 Å². The lowest BCUT2D eigenvalue weighted by molar-refractivity contribution is 0.110. The van der Waals surface area contributed by atoms with Crippen molar-refractivity contribution in [2.24, 2.45) is 0 Å². The van der Waals surface area contributed by atoms with Gasteiger partial charge in [-0.1, -0.05) is 6.92 Å². The average molecular weight is 280 g/mol. The van der Waals surface area contributed by atoms with Gasteiger partial charge >= 0.3 is 0 Å². The summed E-state index contributed by atoms with van der Waals surface area (Å²) in [6, 6.07) is 2.90. The Balaban J connectivity index is 1.82. The summed E-state index contributed by atoms with van der Waals surface area (Å²) >= 11 is 0. The minimum absolute atomic E-state index is 0.723. The Labute approximate surface area is 122 Å². The van der Waals surface area contributed by atoms with Gasteiger partial charge in [0.05, 0.1) is 19.7 Å². The highest BCUT2D eigenvalue weighted by Gasteiger charge is 2.21. The van der Waals surface area contributed by atoms with E-state index in [1.807, 2.05) is 6.92 Å². The van der Waals surface area contributed by atoms with Gasteiger partial charge in [0.25, 0.3) is 0 Å². The Morgan fingerprint density at radius 1 is 1.40 bits per heavy atom. The lowest BCUT2D eigenvalue weighted by Crippen LogP contribution is -2.26. The van der Waals surface area contributed by atoms with E-state index in [-0.39, 0.29) is 0 Å². The van der Waals surface area contributed by atoms with Crippen molar-refractivity contribution in [1.82, 2.24) is 10.2 Å². The van der Waals surface area contributed by atoms with Crippen LogP contribution in [0.1, 0.15) is 43.8 Å². The first-order chi connectivity index (χ1) is 9.72. The van der Waals surface area contributed by atoms with E-state index in [2.05, 4.69) is 30.1 Å². The minimum atomic E-state index is 0.723. The van der Waals surface area contributed by atoms with Gasteiger partial charge in [-0.2, -0.15) is 0 Å². The summed E-state index contributed by atoms with van der Waals surface area (Å²) in [6.07, 6.45) is 2.63. The molecule has 1 aliphatic rings. The summed E-state index contributed by atoms with van der Waals surface area (Å²) in [5.74, 6) is 2.15. The smallest absolute Gasteiger partial charge is 0.120 e. The number of aryl methyl sites for hydroxylation is 1. The van der Waals surface area contributed by atoms with Crippen molar-refractivity contribution < 1.29 is 9.15 Å². The Bertz CT molecular complexity index is 399. The molecule has 4 nitrogen and oxygen atoms in total. The maximum atomic E-state index is 5.99. The van der Waals surface area contributed by atoms with Crippen LogP contribution in [0.15, 0.2) is 10.5 Å². The number of hydrogen-bond donors (Lipinski definition) is 1. The van der Waals surface area contributed by atoms with E-state index >= 15 is 0 Å². The molecule has 0 amide bonds. The maximum Gasteiger partial charge on any atom is 0.120 e. The van der Waals surface area contributed by atoms with Crippen LogP contribution in [-0.2, 0) is 17.8 Å². The van der Waals surface area contributed by atoms with Crippen molar-refractivity contribution >= 4 is 0 Å². The zero-order valence-corrected chi connectivity index (χ0v) is 13.1. The number of ether oxygens (including phenoxy) is 1. The molecule has 1 N–H and O–H groups in total.